The number of hydrogen-bond acceptors (Lipinski definition) is 0. The molecule has 0 spiro atoms. The first-order valence-electron chi connectivity index (χ1n) is 10.4. The van der Waals surface area contributed by atoms with Crippen molar-refractivity contribution >= 4 is 19.9 Å². The van der Waals surface area contributed by atoms with Crippen molar-refractivity contribution in [2.24, 2.45) is 47.3 Å². The molecule has 2 fully saturated rings. The zero-order chi connectivity index (χ0) is 20.0. The third-order valence-corrected chi connectivity index (χ3v) is 9.04. The van der Waals surface area contributed by atoms with Gasteiger partial charge in [0.15, 0.2) is 0 Å². The minimum atomic E-state index is -0.179. The molecule has 0 aromatic rings. The lowest BCUT2D eigenvalue weighted by atomic mass is 9.91. The minimum absolute atomic E-state index is 0.179. The molecule has 0 saturated heterocycles. The molecule has 0 aliphatic heterocycles. The molecule has 0 nitrogen and oxygen atoms in total. The van der Waals surface area contributed by atoms with Gasteiger partial charge in [0, 0.05) is 0 Å². The predicted molar refractivity (Wildman–Crippen MR) is 126 cm³/mol. The minimum Gasteiger partial charge on any atom is -0.176 e. The summed E-state index contributed by atoms with van der Waals surface area (Å²) < 4.78 is 0. The van der Waals surface area contributed by atoms with Gasteiger partial charge in [0.05, 0.1) is 0 Å². The van der Waals surface area contributed by atoms with Gasteiger partial charge in [0.2, 0.25) is 0 Å². The molecular formula is C25H37ClSi. The molecule has 2 saturated carbocycles. The van der Waals surface area contributed by atoms with E-state index in [4.69, 9.17) is 11.1 Å². The van der Waals surface area contributed by atoms with E-state index in [0.29, 0.717) is 23.7 Å². The van der Waals surface area contributed by atoms with Crippen LogP contribution in [0, 0.1) is 47.3 Å². The van der Waals surface area contributed by atoms with Gasteiger partial charge in [0.1, 0.15) is 8.83 Å². The van der Waals surface area contributed by atoms with E-state index in [9.17, 15) is 0 Å². The van der Waals surface area contributed by atoms with Crippen molar-refractivity contribution < 1.29 is 0 Å². The lowest BCUT2D eigenvalue weighted by Gasteiger charge is -2.13. The van der Waals surface area contributed by atoms with Gasteiger partial charge in [-0.1, -0.05) is 62.5 Å². The van der Waals surface area contributed by atoms with Crippen LogP contribution in [0.4, 0.5) is 0 Å². The average molecular weight is 401 g/mol. The first-order chi connectivity index (χ1) is 13.0. The predicted octanol–water partition coefficient (Wildman–Crippen LogP) is 6.73. The normalized spacial score (nSPS) is 39.9. The highest BCUT2D eigenvalue weighted by Gasteiger charge is 2.42. The maximum Gasteiger partial charge on any atom is 0.127 e. The maximum absolute atomic E-state index is 5.48. The fraction of sp³-hybridized carbons (Fsp3) is 0.520. The van der Waals surface area contributed by atoms with Crippen LogP contribution in [-0.4, -0.2) is 8.83 Å². The lowest BCUT2D eigenvalue weighted by molar-refractivity contribution is 0.498. The quantitative estimate of drug-likeness (QED) is 0.272. The molecule has 4 aliphatic carbocycles. The fourth-order valence-corrected chi connectivity index (χ4v) is 5.07. The van der Waals surface area contributed by atoms with Gasteiger partial charge < -0.3 is 0 Å². The molecule has 0 amide bonds. The van der Waals surface area contributed by atoms with E-state index in [1.54, 1.807) is 0 Å². The van der Waals surface area contributed by atoms with Crippen LogP contribution in [0.25, 0.3) is 0 Å². The lowest BCUT2D eigenvalue weighted by Crippen LogP contribution is -2.06. The van der Waals surface area contributed by atoms with Crippen LogP contribution in [0.1, 0.15) is 26.7 Å². The van der Waals surface area contributed by atoms with E-state index in [0.717, 1.165) is 29.2 Å². The molecule has 8 atom stereocenters. The molecule has 8 unspecified atom stereocenters. The first-order valence-corrected chi connectivity index (χ1v) is 13.4. The standard InChI is InChI=1S/2C11H14.C3H9ClSi/c2*1-3-8-7-9-5-6-11(8)10(9)4-2;1-3(2)5-4/h2*3-6,8-11H,1-2,7H2;3H,5H2,1-2H3. The summed E-state index contributed by atoms with van der Waals surface area (Å²) in [5.74, 6) is 5.81. The van der Waals surface area contributed by atoms with Crippen molar-refractivity contribution in [1.82, 2.24) is 0 Å². The Balaban J connectivity index is 0.000000157. The molecule has 4 aliphatic rings. The van der Waals surface area contributed by atoms with Crippen LogP contribution in [-0.2, 0) is 0 Å². The number of halogens is 1. The molecule has 27 heavy (non-hydrogen) atoms. The Morgan fingerprint density at radius 3 is 1.33 bits per heavy atom. The van der Waals surface area contributed by atoms with Crippen molar-refractivity contribution in [3.63, 3.8) is 0 Å². The van der Waals surface area contributed by atoms with Gasteiger partial charge in [-0.25, -0.2) is 0 Å². The van der Waals surface area contributed by atoms with Crippen molar-refractivity contribution in [2.75, 3.05) is 0 Å². The molecule has 0 aromatic heterocycles. The summed E-state index contributed by atoms with van der Waals surface area (Å²) in [6.07, 6.45) is 20.4. The van der Waals surface area contributed by atoms with E-state index in [-0.39, 0.29) is 8.83 Å². The van der Waals surface area contributed by atoms with Gasteiger partial charge in [-0.2, -0.15) is 11.1 Å². The highest BCUT2D eigenvalue weighted by atomic mass is 35.6. The summed E-state index contributed by atoms with van der Waals surface area (Å²) in [5.41, 5.74) is 0.789. The second kappa shape index (κ2) is 10.5. The van der Waals surface area contributed by atoms with E-state index in [1.807, 2.05) is 0 Å². The van der Waals surface area contributed by atoms with Crippen molar-refractivity contribution in [3.8, 4) is 0 Å². The Bertz CT molecular complexity index is 539. The van der Waals surface area contributed by atoms with E-state index in [2.05, 4.69) is 88.8 Å². The van der Waals surface area contributed by atoms with Crippen molar-refractivity contribution in [1.29, 1.82) is 0 Å². The second-order valence-corrected chi connectivity index (χ2v) is 11.6. The Labute approximate surface area is 174 Å². The summed E-state index contributed by atoms with van der Waals surface area (Å²) in [4.78, 5) is 0. The highest BCUT2D eigenvalue weighted by molar-refractivity contribution is 6.94. The van der Waals surface area contributed by atoms with E-state index in [1.165, 1.54) is 12.8 Å². The van der Waals surface area contributed by atoms with E-state index >= 15 is 0 Å². The SMILES string of the molecule is C=CC1CC2C=CC1C2C=C.C=CC1CC2C=CC1C2C=C.CC(C)[SiH2]Cl. The number of allylic oxidation sites excluding steroid dienone is 8. The van der Waals surface area contributed by atoms with Crippen LogP contribution >= 0.6 is 11.1 Å². The Kier molecular flexibility index (Phi) is 8.63. The molecular weight excluding hydrogens is 364 g/mol. The van der Waals surface area contributed by atoms with Gasteiger partial charge in [-0.3, -0.25) is 0 Å². The molecule has 148 valence electrons. The van der Waals surface area contributed by atoms with Crippen molar-refractivity contribution in [2.45, 2.75) is 32.2 Å². The largest absolute Gasteiger partial charge is 0.176 e. The van der Waals surface area contributed by atoms with Crippen LogP contribution in [0.3, 0.4) is 0 Å². The van der Waals surface area contributed by atoms with Gasteiger partial charge in [0.25, 0.3) is 0 Å². The summed E-state index contributed by atoms with van der Waals surface area (Å²) in [6, 6.07) is 0. The third-order valence-electron chi connectivity index (χ3n) is 6.57. The Hall–Kier alpha value is -1.05. The average Bonchev–Trinajstić information content (AvgIpc) is 3.45. The van der Waals surface area contributed by atoms with Gasteiger partial charge >= 0.3 is 0 Å². The van der Waals surface area contributed by atoms with E-state index < -0.39 is 0 Å². The Morgan fingerprint density at radius 1 is 0.778 bits per heavy atom. The van der Waals surface area contributed by atoms with Crippen LogP contribution in [0.15, 0.2) is 74.9 Å². The maximum atomic E-state index is 5.48. The van der Waals surface area contributed by atoms with Crippen LogP contribution < -0.4 is 0 Å². The zero-order valence-electron chi connectivity index (χ0n) is 17.1. The van der Waals surface area contributed by atoms with Gasteiger partial charge in [-0.15, -0.1) is 26.3 Å². The molecule has 0 heterocycles. The molecule has 4 bridgehead atoms. The monoisotopic (exact) mass is 400 g/mol. The third kappa shape index (κ3) is 5.06. The number of hydrogen-bond donors (Lipinski definition) is 0. The summed E-state index contributed by atoms with van der Waals surface area (Å²) in [5, 5.41) is 0. The molecule has 0 N–H and O–H groups in total. The van der Waals surface area contributed by atoms with Crippen molar-refractivity contribution in [3.05, 3.63) is 74.9 Å². The molecule has 4 rings (SSSR count). The molecule has 0 radical (unpaired) electrons. The zero-order valence-corrected chi connectivity index (χ0v) is 19.3. The topological polar surface area (TPSA) is 0 Å². The van der Waals surface area contributed by atoms with Crippen LogP contribution in [0.5, 0.6) is 0 Å². The first kappa shape index (κ1) is 22.2. The molecule has 2 heteroatoms. The van der Waals surface area contributed by atoms with Crippen LogP contribution in [0.2, 0.25) is 5.54 Å². The highest BCUT2D eigenvalue weighted by Crippen LogP contribution is 2.49. The second-order valence-electron chi connectivity index (χ2n) is 8.70. The van der Waals surface area contributed by atoms with Gasteiger partial charge in [-0.05, 0) is 65.7 Å². The summed E-state index contributed by atoms with van der Waals surface area (Å²) in [7, 11) is -0.179. The summed E-state index contributed by atoms with van der Waals surface area (Å²) >= 11 is 5.48. The molecule has 0 aromatic carbocycles. The Morgan fingerprint density at radius 2 is 1.15 bits per heavy atom. The number of fused-ring (bicyclic) bond motifs is 4. The fourth-order valence-electron chi connectivity index (χ4n) is 5.07. The number of rotatable bonds is 5. The summed E-state index contributed by atoms with van der Waals surface area (Å²) in [6.45, 7) is 19.8. The smallest absolute Gasteiger partial charge is 0.127 e.